The summed E-state index contributed by atoms with van der Waals surface area (Å²) in [4.78, 5) is 110. The normalized spacial score (nSPS) is 16.2. The number of carbonyl (C=O) groups excluding carboxylic acids is 2. The Hall–Kier alpha value is -5.09. The van der Waals surface area contributed by atoms with Gasteiger partial charge in [0, 0.05) is 25.3 Å². The Labute approximate surface area is 296 Å². The minimum atomic E-state index is -5.21. The van der Waals surface area contributed by atoms with Crippen LogP contribution in [-0.2, 0) is 44.1 Å². The number of aliphatic carboxylic acids is 3. The average Bonchev–Trinajstić information content (AvgIpc) is 3.06. The number of hydrogen-bond acceptors (Lipinski definition) is 14. The number of aliphatic hydroxyl groups excluding tert-OH is 3. The van der Waals surface area contributed by atoms with Crippen molar-refractivity contribution in [1.82, 2.24) is 19.9 Å². The van der Waals surface area contributed by atoms with E-state index >= 15 is 0 Å². The molecule has 0 aromatic carbocycles. The van der Waals surface area contributed by atoms with E-state index in [1.807, 2.05) is 4.98 Å². The van der Waals surface area contributed by atoms with Gasteiger partial charge in [-0.15, -0.1) is 0 Å². The highest BCUT2D eigenvalue weighted by Gasteiger charge is 2.34. The van der Waals surface area contributed by atoms with Gasteiger partial charge in [0.25, 0.3) is 5.56 Å². The zero-order valence-corrected chi connectivity index (χ0v) is 28.6. The Morgan fingerprint density at radius 3 is 2.23 bits per heavy atom. The summed E-state index contributed by atoms with van der Waals surface area (Å²) in [5, 5.41) is 61.2. The van der Waals surface area contributed by atoms with Crippen molar-refractivity contribution in [3.05, 3.63) is 55.3 Å². The first-order valence-corrected chi connectivity index (χ1v) is 17.2. The number of carbonyl (C=O) groups is 5. The molecule has 1 unspecified atom stereocenters. The first-order chi connectivity index (χ1) is 24.7. The molecule has 0 bridgehead atoms. The van der Waals surface area contributed by atoms with Crippen molar-refractivity contribution in [3.8, 4) is 11.3 Å². The molecule has 23 heteroatoms. The van der Waals surface area contributed by atoms with E-state index in [4.69, 9.17) is 14.7 Å². The summed E-state index contributed by atoms with van der Waals surface area (Å²) in [5.41, 5.74) is -1.88. The molecule has 1 amide bonds. The number of carboxylic acid groups (broad SMARTS) is 3. The Morgan fingerprint density at radius 2 is 1.60 bits per heavy atom. The summed E-state index contributed by atoms with van der Waals surface area (Å²) in [5.74, 6) is -7.87. The highest BCUT2D eigenvalue weighted by atomic mass is 31.2. The van der Waals surface area contributed by atoms with Crippen LogP contribution in [0.25, 0.3) is 22.3 Å². The largest absolute Gasteiger partial charge is 0.481 e. The SMILES string of the molecule is C[C@H](OP(=O)(O)OC[C@@H](O)[C@@H](O)[C@@H](O)Cn1c2cc(=O)ccc-2cc2c(=O)[nH]c(=O)[nH]c21)C(=O)C[C@@H](CCC(=O)N[C@@H](CCC(=O)O)C(=O)O)C(=O)O. The summed E-state index contributed by atoms with van der Waals surface area (Å²) >= 11 is 0. The number of hydrogen-bond donors (Lipinski definition) is 10. The van der Waals surface area contributed by atoms with Crippen LogP contribution in [0.3, 0.4) is 0 Å². The van der Waals surface area contributed by atoms with Gasteiger partial charge in [-0.25, -0.2) is 14.2 Å². The summed E-state index contributed by atoms with van der Waals surface area (Å²) < 4.78 is 23.1. The number of benzene rings is 1. The van der Waals surface area contributed by atoms with E-state index in [0.29, 0.717) is 5.56 Å². The van der Waals surface area contributed by atoms with E-state index in [-0.39, 0.29) is 16.7 Å². The minimum Gasteiger partial charge on any atom is -0.481 e. The van der Waals surface area contributed by atoms with E-state index in [1.165, 1.54) is 18.2 Å². The number of nitrogens with one attached hydrogen (secondary N) is 3. The third-order valence-electron chi connectivity index (χ3n) is 7.93. The van der Waals surface area contributed by atoms with Crippen molar-refractivity contribution in [3.63, 3.8) is 0 Å². The van der Waals surface area contributed by atoms with Crippen molar-refractivity contribution >= 4 is 48.5 Å². The maximum Gasteiger partial charge on any atom is 0.472 e. The lowest BCUT2D eigenvalue weighted by Crippen LogP contribution is -2.42. The molecule has 0 fully saturated rings. The Morgan fingerprint density at radius 1 is 0.925 bits per heavy atom. The predicted molar refractivity (Wildman–Crippen MR) is 177 cm³/mol. The fourth-order valence-electron chi connectivity index (χ4n) is 5.10. The molecule has 3 rings (SSSR count). The number of ketones is 1. The molecule has 0 spiro atoms. The minimum absolute atomic E-state index is 0.0534. The van der Waals surface area contributed by atoms with E-state index in [9.17, 15) is 68.2 Å². The quantitative estimate of drug-likeness (QED) is 0.0412. The van der Waals surface area contributed by atoms with Gasteiger partial charge in [0.05, 0.1) is 30.1 Å². The number of carboxylic acids is 3. The number of rotatable bonds is 21. The maximum atomic E-state index is 12.7. The lowest BCUT2D eigenvalue weighted by Gasteiger charge is -2.26. The number of phosphoric ester groups is 1. The zero-order chi connectivity index (χ0) is 39.8. The number of H-pyrrole nitrogens is 2. The van der Waals surface area contributed by atoms with Crippen LogP contribution in [0.4, 0.5) is 0 Å². The van der Waals surface area contributed by atoms with Crippen LogP contribution in [0.2, 0.25) is 0 Å². The second kappa shape index (κ2) is 18.1. The number of aromatic amines is 2. The number of nitrogens with zero attached hydrogens (tertiary/aromatic N) is 1. The van der Waals surface area contributed by atoms with Gasteiger partial charge in [-0.1, -0.05) is 0 Å². The molecule has 0 saturated carbocycles. The van der Waals surface area contributed by atoms with Gasteiger partial charge in [-0.05, 0) is 43.5 Å². The fourth-order valence-corrected chi connectivity index (χ4v) is 6.02. The van der Waals surface area contributed by atoms with Crippen molar-refractivity contribution in [2.45, 2.75) is 76.0 Å². The first kappa shape index (κ1) is 42.3. The van der Waals surface area contributed by atoms with Crippen molar-refractivity contribution in [1.29, 1.82) is 0 Å². The highest BCUT2D eigenvalue weighted by Crippen LogP contribution is 2.45. The molecule has 1 aromatic rings. The summed E-state index contributed by atoms with van der Waals surface area (Å²) in [6.45, 7) is -0.819. The number of aromatic nitrogens is 3. The van der Waals surface area contributed by atoms with Crippen LogP contribution in [0, 0.1) is 5.92 Å². The van der Waals surface area contributed by atoms with Crippen molar-refractivity contribution in [2.75, 3.05) is 6.61 Å². The third kappa shape index (κ3) is 12.0. The van der Waals surface area contributed by atoms with E-state index in [2.05, 4.69) is 14.8 Å². The van der Waals surface area contributed by atoms with Gasteiger partial charge in [0.1, 0.15) is 36.1 Å². The molecule has 1 aromatic heterocycles. The summed E-state index contributed by atoms with van der Waals surface area (Å²) in [6.07, 6.45) is -10.8. The molecule has 1 aliphatic carbocycles. The van der Waals surface area contributed by atoms with Gasteiger partial charge >= 0.3 is 31.4 Å². The van der Waals surface area contributed by atoms with Crippen LogP contribution < -0.4 is 22.0 Å². The summed E-state index contributed by atoms with van der Waals surface area (Å²) in [7, 11) is -5.21. The van der Waals surface area contributed by atoms with E-state index in [1.54, 1.807) is 0 Å². The van der Waals surface area contributed by atoms with E-state index in [0.717, 1.165) is 17.6 Å². The monoisotopic (exact) mass is 772 g/mol. The standard InChI is InChI=1S/C30H37N4O18P/c1-13(20(36)9-15(28(44)45)3-6-23(39)31-18(29(46)47)5-7-24(40)41)52-53(49,50)51-12-22(38)25(42)21(37)11-34-19-10-16(35)4-2-14(19)8-17-26(34)32-30(48)33-27(17)43/h2,4,8,10,13,15,18,21-22,25,37-38,42H,3,5-7,9,11-12H2,1H3,(H,31,39)(H,40,41)(H,44,45)(H,46,47)(H,49,50)(H2,32,33,43,48)/t13-,15+,18-,21-,22+,25-/m0/s1. The molecule has 1 aliphatic heterocycles. The lowest BCUT2D eigenvalue weighted by atomic mass is 9.95. The maximum absolute atomic E-state index is 12.7. The Bertz CT molecular complexity index is 2040. The van der Waals surface area contributed by atoms with Crippen LogP contribution in [0.15, 0.2) is 38.6 Å². The molecule has 2 aliphatic rings. The van der Waals surface area contributed by atoms with Gasteiger partial charge in [-0.2, -0.15) is 0 Å². The molecule has 7 atom stereocenters. The number of fused-ring (bicyclic) bond motifs is 2. The molecule has 53 heavy (non-hydrogen) atoms. The van der Waals surface area contributed by atoms with Crippen molar-refractivity contribution in [2.24, 2.45) is 5.92 Å². The van der Waals surface area contributed by atoms with Gasteiger partial charge in [0.15, 0.2) is 11.2 Å². The second-order valence-electron chi connectivity index (χ2n) is 11.9. The first-order valence-electron chi connectivity index (χ1n) is 15.7. The Balaban J connectivity index is 1.59. The van der Waals surface area contributed by atoms with Gasteiger partial charge < -0.3 is 45.4 Å². The van der Waals surface area contributed by atoms with Crippen molar-refractivity contribution < 1.29 is 73.1 Å². The number of Topliss-reactive ketones (excluding diaryl/α,β-unsaturated/α-hetero) is 1. The smallest absolute Gasteiger partial charge is 0.472 e. The molecular formula is C30H37N4O18P. The molecule has 2 heterocycles. The molecule has 0 radical (unpaired) electrons. The average molecular weight is 773 g/mol. The number of amides is 1. The third-order valence-corrected chi connectivity index (χ3v) is 8.99. The Kier molecular flexibility index (Phi) is 14.5. The van der Waals surface area contributed by atoms with Gasteiger partial charge in [-0.3, -0.25) is 47.8 Å². The number of phosphoric acid groups is 1. The predicted octanol–water partition coefficient (Wildman–Crippen LogP) is -2.04. The van der Waals surface area contributed by atoms with Crippen LogP contribution in [0.1, 0.15) is 39.0 Å². The highest BCUT2D eigenvalue weighted by molar-refractivity contribution is 7.47. The van der Waals surface area contributed by atoms with E-state index < -0.39 is 136 Å². The van der Waals surface area contributed by atoms with Crippen LogP contribution in [-0.4, -0.2) is 117 Å². The molecule has 290 valence electrons. The number of aliphatic hydroxyl groups is 3. The van der Waals surface area contributed by atoms with Crippen LogP contribution >= 0.6 is 7.82 Å². The summed E-state index contributed by atoms with van der Waals surface area (Å²) in [6, 6.07) is 3.53. The molecule has 10 N–H and O–H groups in total. The lowest BCUT2D eigenvalue weighted by molar-refractivity contribution is -0.146. The fraction of sp³-hybridized carbons (Fsp3) is 0.467. The van der Waals surface area contributed by atoms with Crippen LogP contribution in [0.5, 0.6) is 0 Å². The second-order valence-corrected chi connectivity index (χ2v) is 13.3. The molecule has 22 nitrogen and oxygen atoms in total. The topological polar surface area (TPSA) is 362 Å². The van der Waals surface area contributed by atoms with Gasteiger partial charge in [0.2, 0.25) is 5.91 Å². The zero-order valence-electron chi connectivity index (χ0n) is 27.7. The molecular weight excluding hydrogens is 735 g/mol. The molecule has 0 saturated heterocycles. The number of pyridine rings is 1.